The maximum absolute atomic E-state index is 13.6. The molecule has 4 nitrogen and oxygen atoms in total. The van der Waals surface area contributed by atoms with E-state index in [-0.39, 0.29) is 17.8 Å². The summed E-state index contributed by atoms with van der Waals surface area (Å²) in [5.74, 6) is -0.387. The van der Waals surface area contributed by atoms with Crippen LogP contribution >= 0.6 is 11.3 Å². The minimum absolute atomic E-state index is 0.0908. The smallest absolute Gasteiger partial charge is 0.271 e. The molecule has 0 fully saturated rings. The molecule has 0 aliphatic carbocycles. The number of hydrogen-bond acceptors (Lipinski definition) is 3. The molecule has 0 N–H and O–H groups in total. The molecule has 0 aliphatic heterocycles. The number of halogens is 1. The van der Waals surface area contributed by atoms with E-state index in [2.05, 4.69) is 4.98 Å². The summed E-state index contributed by atoms with van der Waals surface area (Å²) >= 11 is 1.55. The van der Waals surface area contributed by atoms with Crippen LogP contribution in [-0.2, 0) is 7.05 Å². The molecule has 24 heavy (non-hydrogen) atoms. The Morgan fingerprint density at radius 1 is 1.38 bits per heavy atom. The third-order valence-electron chi connectivity index (χ3n) is 4.51. The lowest BCUT2D eigenvalue weighted by molar-refractivity contribution is 0.0732. The fourth-order valence-electron chi connectivity index (χ4n) is 2.98. The van der Waals surface area contributed by atoms with Gasteiger partial charge in [-0.25, -0.2) is 9.37 Å². The highest BCUT2D eigenvalue weighted by molar-refractivity contribution is 7.09. The van der Waals surface area contributed by atoms with Gasteiger partial charge in [-0.1, -0.05) is 0 Å². The summed E-state index contributed by atoms with van der Waals surface area (Å²) in [5.41, 5.74) is 3.19. The minimum atomic E-state index is -0.296. The highest BCUT2D eigenvalue weighted by Gasteiger charge is 2.26. The Labute approximate surface area is 144 Å². The van der Waals surface area contributed by atoms with Gasteiger partial charge < -0.3 is 9.47 Å². The Kier molecular flexibility index (Phi) is 4.17. The van der Waals surface area contributed by atoms with E-state index in [0.717, 1.165) is 27.2 Å². The number of carbonyl (C=O) groups is 1. The van der Waals surface area contributed by atoms with Crippen LogP contribution in [0.4, 0.5) is 4.39 Å². The molecule has 1 atom stereocenters. The number of aryl methyl sites for hydroxylation is 3. The number of rotatable bonds is 3. The third kappa shape index (κ3) is 2.60. The molecule has 126 valence electrons. The Hall–Kier alpha value is -2.21. The maximum atomic E-state index is 13.6. The molecule has 0 aliphatic rings. The summed E-state index contributed by atoms with van der Waals surface area (Å²) in [6.45, 7) is 5.77. The molecule has 0 bridgehead atoms. The average molecular weight is 345 g/mol. The van der Waals surface area contributed by atoms with Gasteiger partial charge in [-0.2, -0.15) is 0 Å². The van der Waals surface area contributed by atoms with Crippen LogP contribution in [0.25, 0.3) is 10.9 Å². The molecule has 1 unspecified atom stereocenters. The van der Waals surface area contributed by atoms with Crippen molar-refractivity contribution < 1.29 is 9.18 Å². The first-order valence-corrected chi connectivity index (χ1v) is 8.63. The summed E-state index contributed by atoms with van der Waals surface area (Å²) in [7, 11) is 3.62. The van der Waals surface area contributed by atoms with Crippen molar-refractivity contribution in [2.24, 2.45) is 7.05 Å². The zero-order valence-electron chi connectivity index (χ0n) is 14.4. The number of hydrogen-bond donors (Lipinski definition) is 0. The van der Waals surface area contributed by atoms with E-state index >= 15 is 0 Å². The van der Waals surface area contributed by atoms with Crippen LogP contribution in [0.5, 0.6) is 0 Å². The van der Waals surface area contributed by atoms with Crippen molar-refractivity contribution >= 4 is 28.1 Å². The summed E-state index contributed by atoms with van der Waals surface area (Å²) in [4.78, 5) is 19.2. The molecule has 2 aromatic heterocycles. The predicted octanol–water partition coefficient (Wildman–Crippen LogP) is 4.22. The van der Waals surface area contributed by atoms with Crippen LogP contribution in [0.15, 0.2) is 23.6 Å². The SMILES string of the molecule is Cc1csc(C(C)N(C)C(=O)c2c(C)c3cc(F)ccc3n2C)n1. The molecule has 0 spiro atoms. The molecule has 1 aromatic carbocycles. The van der Waals surface area contributed by atoms with E-state index in [4.69, 9.17) is 0 Å². The van der Waals surface area contributed by atoms with Crippen LogP contribution in [0.1, 0.15) is 39.7 Å². The average Bonchev–Trinajstić information content (AvgIpc) is 3.08. The zero-order chi connectivity index (χ0) is 17.6. The van der Waals surface area contributed by atoms with Gasteiger partial charge in [-0.05, 0) is 44.5 Å². The van der Waals surface area contributed by atoms with Crippen LogP contribution in [0.3, 0.4) is 0 Å². The van der Waals surface area contributed by atoms with Gasteiger partial charge in [0.25, 0.3) is 5.91 Å². The van der Waals surface area contributed by atoms with Crippen LogP contribution < -0.4 is 0 Å². The second-order valence-electron chi connectivity index (χ2n) is 6.11. The molecule has 2 heterocycles. The standard InChI is InChI=1S/C18H20FN3OS/c1-10-9-24-17(20-10)12(3)21(4)18(23)16-11(2)14-8-13(19)6-7-15(14)22(16)5/h6-9,12H,1-5H3. The Morgan fingerprint density at radius 2 is 2.08 bits per heavy atom. The van der Waals surface area contributed by atoms with Crippen molar-refractivity contribution in [3.63, 3.8) is 0 Å². The number of carbonyl (C=O) groups excluding carboxylic acids is 1. The predicted molar refractivity (Wildman–Crippen MR) is 95.0 cm³/mol. The van der Waals surface area contributed by atoms with Crippen molar-refractivity contribution in [1.29, 1.82) is 0 Å². The molecular formula is C18H20FN3OS. The van der Waals surface area contributed by atoms with Crippen molar-refractivity contribution in [2.45, 2.75) is 26.8 Å². The second kappa shape index (κ2) is 6.02. The topological polar surface area (TPSA) is 38.1 Å². The van der Waals surface area contributed by atoms with Crippen molar-refractivity contribution in [3.05, 3.63) is 51.4 Å². The summed E-state index contributed by atoms with van der Waals surface area (Å²) in [6, 6.07) is 4.49. The van der Waals surface area contributed by atoms with Crippen LogP contribution in [0.2, 0.25) is 0 Å². The quantitative estimate of drug-likeness (QED) is 0.713. The van der Waals surface area contributed by atoms with Gasteiger partial charge in [0.05, 0.1) is 6.04 Å². The molecular weight excluding hydrogens is 325 g/mol. The fourth-order valence-corrected chi connectivity index (χ4v) is 3.87. The second-order valence-corrected chi connectivity index (χ2v) is 7.00. The van der Waals surface area contributed by atoms with E-state index in [0.29, 0.717) is 5.69 Å². The Morgan fingerprint density at radius 3 is 2.71 bits per heavy atom. The lowest BCUT2D eigenvalue weighted by atomic mass is 10.1. The normalized spacial score (nSPS) is 12.6. The van der Waals surface area contributed by atoms with Crippen molar-refractivity contribution in [3.8, 4) is 0 Å². The number of thiazole rings is 1. The highest BCUT2D eigenvalue weighted by atomic mass is 32.1. The monoisotopic (exact) mass is 345 g/mol. The van der Waals surface area contributed by atoms with Gasteiger partial charge in [-0.3, -0.25) is 4.79 Å². The van der Waals surface area contributed by atoms with E-state index in [9.17, 15) is 9.18 Å². The lowest BCUT2D eigenvalue weighted by Gasteiger charge is -2.24. The first kappa shape index (κ1) is 16.6. The zero-order valence-corrected chi connectivity index (χ0v) is 15.2. The first-order valence-electron chi connectivity index (χ1n) is 7.75. The van der Waals surface area contributed by atoms with E-state index in [1.54, 1.807) is 29.4 Å². The number of aromatic nitrogens is 2. The van der Waals surface area contributed by atoms with E-state index < -0.39 is 0 Å². The molecule has 0 saturated carbocycles. The largest absolute Gasteiger partial charge is 0.339 e. The highest BCUT2D eigenvalue weighted by Crippen LogP contribution is 2.29. The van der Waals surface area contributed by atoms with Crippen molar-refractivity contribution in [2.75, 3.05) is 7.05 Å². The number of benzene rings is 1. The molecule has 3 aromatic rings. The molecule has 6 heteroatoms. The van der Waals surface area contributed by atoms with E-state index in [1.807, 2.05) is 37.8 Å². The Balaban J connectivity index is 2.02. The lowest BCUT2D eigenvalue weighted by Crippen LogP contribution is -2.31. The van der Waals surface area contributed by atoms with Gasteiger partial charge in [-0.15, -0.1) is 11.3 Å². The van der Waals surface area contributed by atoms with Gasteiger partial charge in [0, 0.05) is 36.1 Å². The van der Waals surface area contributed by atoms with Crippen LogP contribution in [0, 0.1) is 19.7 Å². The summed E-state index contributed by atoms with van der Waals surface area (Å²) in [6.07, 6.45) is 0. The number of fused-ring (bicyclic) bond motifs is 1. The van der Waals surface area contributed by atoms with Gasteiger partial charge in [0.2, 0.25) is 0 Å². The molecule has 1 amide bonds. The number of amides is 1. The molecule has 0 saturated heterocycles. The van der Waals surface area contributed by atoms with Crippen molar-refractivity contribution in [1.82, 2.24) is 14.5 Å². The van der Waals surface area contributed by atoms with Crippen LogP contribution in [-0.4, -0.2) is 27.4 Å². The maximum Gasteiger partial charge on any atom is 0.271 e. The molecule has 0 radical (unpaired) electrons. The fraction of sp³-hybridized carbons (Fsp3) is 0.333. The minimum Gasteiger partial charge on any atom is -0.339 e. The molecule has 3 rings (SSSR count). The van der Waals surface area contributed by atoms with Gasteiger partial charge >= 0.3 is 0 Å². The summed E-state index contributed by atoms with van der Waals surface area (Å²) in [5, 5.41) is 3.66. The van der Waals surface area contributed by atoms with Gasteiger partial charge in [0.1, 0.15) is 16.5 Å². The van der Waals surface area contributed by atoms with Gasteiger partial charge in [0.15, 0.2) is 0 Å². The third-order valence-corrected chi connectivity index (χ3v) is 5.65. The van der Waals surface area contributed by atoms with E-state index in [1.165, 1.54) is 12.1 Å². The summed E-state index contributed by atoms with van der Waals surface area (Å²) < 4.78 is 15.4. The Bertz CT molecular complexity index is 928. The number of nitrogens with zero attached hydrogens (tertiary/aromatic N) is 3. The first-order chi connectivity index (χ1) is 11.3.